The van der Waals surface area contributed by atoms with Gasteiger partial charge in [0.1, 0.15) is 0 Å². The van der Waals surface area contributed by atoms with Crippen LogP contribution in [-0.4, -0.2) is 0 Å². The molecule has 2 aromatic carbocycles. The summed E-state index contributed by atoms with van der Waals surface area (Å²) in [4.78, 5) is 0. The normalized spacial score (nSPS) is 18.4. The van der Waals surface area contributed by atoms with Gasteiger partial charge in [-0.05, 0) is 58.7 Å². The Labute approximate surface area is 102 Å². The van der Waals surface area contributed by atoms with Crippen molar-refractivity contribution in [3.05, 3.63) is 47.5 Å². The molecule has 0 fully saturated rings. The lowest BCUT2D eigenvalue weighted by molar-refractivity contribution is 0.723. The van der Waals surface area contributed by atoms with Gasteiger partial charge in [0.05, 0.1) is 0 Å². The largest absolute Gasteiger partial charge is 0.0610 e. The molecule has 0 saturated heterocycles. The lowest BCUT2D eigenvalue weighted by atomic mass is 9.99. The number of hydrogen-bond donors (Lipinski definition) is 0. The molecule has 0 heterocycles. The Balaban J connectivity index is 2.08. The third-order valence-electron chi connectivity index (χ3n) is 4.27. The molecule has 4 rings (SSSR count). The molecule has 0 amide bonds. The monoisotopic (exact) mass is 220 g/mol. The molecule has 0 radical (unpaired) electrons. The molecule has 0 aliphatic heterocycles. The summed E-state index contributed by atoms with van der Waals surface area (Å²) < 4.78 is 0. The van der Waals surface area contributed by atoms with Gasteiger partial charge in [-0.2, -0.15) is 0 Å². The standard InChI is InChI=1S/C17H16/c1-2-8-13-14(9-3-1)16-11-5-7-12-6-4-10-15(13)17(12)16/h4-7,10-11H,1-3,8-9H2. The molecule has 0 bridgehead atoms. The predicted octanol–water partition coefficient (Wildman–Crippen LogP) is 5.03. The summed E-state index contributed by atoms with van der Waals surface area (Å²) in [6.07, 6.45) is 6.68. The van der Waals surface area contributed by atoms with E-state index in [1.165, 1.54) is 54.0 Å². The summed E-state index contributed by atoms with van der Waals surface area (Å²) >= 11 is 0. The highest BCUT2D eigenvalue weighted by atomic mass is 14.3. The van der Waals surface area contributed by atoms with Crippen LogP contribution < -0.4 is 0 Å². The van der Waals surface area contributed by atoms with Crippen LogP contribution in [0.3, 0.4) is 0 Å². The van der Waals surface area contributed by atoms with Crippen LogP contribution in [0.2, 0.25) is 0 Å². The molecule has 0 saturated carbocycles. The van der Waals surface area contributed by atoms with Crippen molar-refractivity contribution >= 4 is 21.9 Å². The summed E-state index contributed by atoms with van der Waals surface area (Å²) in [5.41, 5.74) is 6.34. The molecule has 0 unspecified atom stereocenters. The van der Waals surface area contributed by atoms with Gasteiger partial charge in [0.15, 0.2) is 0 Å². The first kappa shape index (κ1) is 9.47. The minimum Gasteiger partial charge on any atom is -0.0610 e. The maximum atomic E-state index is 2.32. The highest BCUT2D eigenvalue weighted by Gasteiger charge is 2.24. The van der Waals surface area contributed by atoms with Crippen LogP contribution in [0, 0.1) is 0 Å². The average molecular weight is 220 g/mol. The van der Waals surface area contributed by atoms with Gasteiger partial charge in [0.2, 0.25) is 0 Å². The summed E-state index contributed by atoms with van der Waals surface area (Å²) in [7, 11) is 0. The van der Waals surface area contributed by atoms with Crippen LogP contribution in [-0.2, 0) is 0 Å². The predicted molar refractivity (Wildman–Crippen MR) is 73.8 cm³/mol. The van der Waals surface area contributed by atoms with Crippen molar-refractivity contribution in [2.24, 2.45) is 0 Å². The lowest BCUT2D eigenvalue weighted by Crippen LogP contribution is -1.83. The van der Waals surface area contributed by atoms with Crippen molar-refractivity contribution in [1.82, 2.24) is 0 Å². The van der Waals surface area contributed by atoms with Crippen molar-refractivity contribution in [2.75, 3.05) is 0 Å². The fraction of sp³-hybridized carbons (Fsp3) is 0.294. The zero-order valence-electron chi connectivity index (χ0n) is 10.00. The van der Waals surface area contributed by atoms with Gasteiger partial charge in [-0.25, -0.2) is 0 Å². The van der Waals surface area contributed by atoms with Gasteiger partial charge < -0.3 is 0 Å². The SMILES string of the molecule is c1cc2c3c(cccc3c1)C1=C2CCCCC1. The number of rotatable bonds is 0. The van der Waals surface area contributed by atoms with Gasteiger partial charge in [0.25, 0.3) is 0 Å². The summed E-state index contributed by atoms with van der Waals surface area (Å²) in [5.74, 6) is 0. The Bertz CT molecular complexity index is 581. The van der Waals surface area contributed by atoms with E-state index < -0.39 is 0 Å². The molecule has 0 nitrogen and oxygen atoms in total. The van der Waals surface area contributed by atoms with E-state index in [1.807, 2.05) is 0 Å². The molecular weight excluding hydrogens is 204 g/mol. The molecule has 0 aromatic heterocycles. The topological polar surface area (TPSA) is 0 Å². The summed E-state index contributed by atoms with van der Waals surface area (Å²) in [5, 5.41) is 2.93. The fourth-order valence-corrected chi connectivity index (χ4v) is 3.52. The number of hydrogen-bond acceptors (Lipinski definition) is 0. The van der Waals surface area contributed by atoms with Gasteiger partial charge >= 0.3 is 0 Å². The summed E-state index contributed by atoms with van der Waals surface area (Å²) in [6.45, 7) is 0. The Morgan fingerprint density at radius 3 is 1.82 bits per heavy atom. The number of benzene rings is 2. The first-order valence-corrected chi connectivity index (χ1v) is 6.70. The van der Waals surface area contributed by atoms with Crippen LogP contribution in [0.25, 0.3) is 21.9 Å². The highest BCUT2D eigenvalue weighted by Crippen LogP contribution is 2.47. The second-order valence-electron chi connectivity index (χ2n) is 5.23. The number of allylic oxidation sites excluding steroid dienone is 2. The van der Waals surface area contributed by atoms with Gasteiger partial charge in [0, 0.05) is 0 Å². The van der Waals surface area contributed by atoms with Crippen LogP contribution in [0.4, 0.5) is 0 Å². The van der Waals surface area contributed by atoms with E-state index >= 15 is 0 Å². The third kappa shape index (κ3) is 1.24. The molecule has 2 aliphatic rings. The van der Waals surface area contributed by atoms with Gasteiger partial charge in [-0.1, -0.05) is 42.8 Å². The van der Waals surface area contributed by atoms with E-state index in [1.54, 1.807) is 11.1 Å². The van der Waals surface area contributed by atoms with Crippen molar-refractivity contribution < 1.29 is 0 Å². The van der Waals surface area contributed by atoms with E-state index in [0.29, 0.717) is 0 Å². The second kappa shape index (κ2) is 3.46. The molecule has 0 atom stereocenters. The molecule has 0 spiro atoms. The highest BCUT2D eigenvalue weighted by molar-refractivity contribution is 6.13. The minimum absolute atomic E-state index is 1.28. The van der Waals surface area contributed by atoms with Crippen LogP contribution >= 0.6 is 0 Å². The Hall–Kier alpha value is -1.56. The van der Waals surface area contributed by atoms with E-state index in [2.05, 4.69) is 36.4 Å². The minimum atomic E-state index is 1.28. The first-order chi connectivity index (χ1) is 8.45. The molecular formula is C17H16. The third-order valence-corrected chi connectivity index (χ3v) is 4.27. The molecule has 2 aromatic rings. The van der Waals surface area contributed by atoms with Crippen molar-refractivity contribution in [3.8, 4) is 0 Å². The first-order valence-electron chi connectivity index (χ1n) is 6.70. The maximum Gasteiger partial charge on any atom is -0.00331 e. The second-order valence-corrected chi connectivity index (χ2v) is 5.23. The van der Waals surface area contributed by atoms with Gasteiger partial charge in [-0.3, -0.25) is 0 Å². The Kier molecular flexibility index (Phi) is 1.93. The number of fused-ring (bicyclic) bond motifs is 2. The van der Waals surface area contributed by atoms with E-state index in [0.717, 1.165) is 0 Å². The van der Waals surface area contributed by atoms with Crippen LogP contribution in [0.15, 0.2) is 36.4 Å². The molecule has 2 aliphatic carbocycles. The molecule has 84 valence electrons. The van der Waals surface area contributed by atoms with E-state index in [9.17, 15) is 0 Å². The lowest BCUT2D eigenvalue weighted by Gasteiger charge is -2.05. The zero-order chi connectivity index (χ0) is 11.2. The van der Waals surface area contributed by atoms with Crippen molar-refractivity contribution in [2.45, 2.75) is 32.1 Å². The average Bonchev–Trinajstić information content (AvgIpc) is 2.55. The molecule has 0 heteroatoms. The molecule has 0 N–H and O–H groups in total. The summed E-state index contributed by atoms with van der Waals surface area (Å²) in [6, 6.07) is 13.5. The fourth-order valence-electron chi connectivity index (χ4n) is 3.52. The Morgan fingerprint density at radius 2 is 1.24 bits per heavy atom. The quantitative estimate of drug-likeness (QED) is 0.584. The van der Waals surface area contributed by atoms with Crippen LogP contribution in [0.1, 0.15) is 43.2 Å². The van der Waals surface area contributed by atoms with Crippen LogP contribution in [0.5, 0.6) is 0 Å². The smallest absolute Gasteiger partial charge is 0.00331 e. The van der Waals surface area contributed by atoms with E-state index in [-0.39, 0.29) is 0 Å². The molecule has 17 heavy (non-hydrogen) atoms. The maximum absolute atomic E-state index is 2.32. The van der Waals surface area contributed by atoms with Crippen molar-refractivity contribution in [3.63, 3.8) is 0 Å². The van der Waals surface area contributed by atoms with Crippen molar-refractivity contribution in [1.29, 1.82) is 0 Å². The van der Waals surface area contributed by atoms with E-state index in [4.69, 9.17) is 0 Å². The Morgan fingerprint density at radius 1 is 0.647 bits per heavy atom. The van der Waals surface area contributed by atoms with Gasteiger partial charge in [-0.15, -0.1) is 0 Å². The zero-order valence-corrected chi connectivity index (χ0v) is 10.00.